The molecule has 0 amide bonds. The molecular formula is C16H17NO3. The molecule has 3 N–H and O–H groups in total. The van der Waals surface area contributed by atoms with Crippen molar-refractivity contribution in [2.75, 3.05) is 5.32 Å². The van der Waals surface area contributed by atoms with Crippen LogP contribution in [-0.2, 0) is 17.8 Å². The van der Waals surface area contributed by atoms with Gasteiger partial charge in [0.1, 0.15) is 6.04 Å². The molecule has 4 nitrogen and oxygen atoms in total. The van der Waals surface area contributed by atoms with Crippen molar-refractivity contribution in [3.8, 4) is 0 Å². The third-order valence-corrected chi connectivity index (χ3v) is 3.03. The van der Waals surface area contributed by atoms with Gasteiger partial charge in [-0.2, -0.15) is 0 Å². The predicted molar refractivity (Wildman–Crippen MR) is 77.6 cm³/mol. The minimum Gasteiger partial charge on any atom is -0.480 e. The van der Waals surface area contributed by atoms with Crippen molar-refractivity contribution in [3.63, 3.8) is 0 Å². The van der Waals surface area contributed by atoms with E-state index in [9.17, 15) is 9.90 Å². The highest BCUT2D eigenvalue weighted by molar-refractivity contribution is 5.77. The lowest BCUT2D eigenvalue weighted by atomic mass is 10.1. The second-order valence-corrected chi connectivity index (χ2v) is 4.58. The number of carboxylic acid groups (broad SMARTS) is 1. The summed E-state index contributed by atoms with van der Waals surface area (Å²) >= 11 is 0. The normalized spacial score (nSPS) is 11.8. The molecule has 0 aliphatic heterocycles. The Hall–Kier alpha value is -2.33. The molecule has 20 heavy (non-hydrogen) atoms. The summed E-state index contributed by atoms with van der Waals surface area (Å²) in [5, 5.41) is 21.4. The summed E-state index contributed by atoms with van der Waals surface area (Å²) in [5.41, 5.74) is 2.41. The van der Waals surface area contributed by atoms with Crippen LogP contribution in [0.1, 0.15) is 11.1 Å². The summed E-state index contributed by atoms with van der Waals surface area (Å²) in [6, 6.07) is 15.9. The molecular weight excluding hydrogens is 254 g/mol. The lowest BCUT2D eigenvalue weighted by Crippen LogP contribution is -2.31. The summed E-state index contributed by atoms with van der Waals surface area (Å²) < 4.78 is 0. The Morgan fingerprint density at radius 2 is 1.75 bits per heavy atom. The molecule has 0 heterocycles. The molecule has 0 saturated heterocycles. The van der Waals surface area contributed by atoms with Crippen LogP contribution in [0.5, 0.6) is 0 Å². The number of hydrogen-bond acceptors (Lipinski definition) is 3. The van der Waals surface area contributed by atoms with E-state index in [1.165, 1.54) is 0 Å². The van der Waals surface area contributed by atoms with Gasteiger partial charge in [-0.05, 0) is 23.3 Å². The molecule has 104 valence electrons. The van der Waals surface area contributed by atoms with Crippen molar-refractivity contribution >= 4 is 11.7 Å². The second-order valence-electron chi connectivity index (χ2n) is 4.58. The van der Waals surface area contributed by atoms with Crippen LogP contribution in [0.2, 0.25) is 0 Å². The number of carboxylic acids is 1. The smallest absolute Gasteiger partial charge is 0.326 e. The monoisotopic (exact) mass is 271 g/mol. The number of hydrogen-bond donors (Lipinski definition) is 3. The Bertz CT molecular complexity index is 569. The van der Waals surface area contributed by atoms with E-state index in [1.807, 2.05) is 30.3 Å². The highest BCUT2D eigenvalue weighted by atomic mass is 16.4. The number of carbonyl (C=O) groups is 1. The summed E-state index contributed by atoms with van der Waals surface area (Å²) in [4.78, 5) is 11.4. The van der Waals surface area contributed by atoms with Crippen molar-refractivity contribution in [3.05, 3.63) is 65.7 Å². The first-order chi connectivity index (χ1) is 9.69. The van der Waals surface area contributed by atoms with E-state index in [0.717, 1.165) is 11.1 Å². The Morgan fingerprint density at radius 3 is 2.40 bits per heavy atom. The molecule has 4 heteroatoms. The van der Waals surface area contributed by atoms with Crippen LogP contribution in [0, 0.1) is 0 Å². The highest BCUT2D eigenvalue weighted by Gasteiger charge is 2.17. The van der Waals surface area contributed by atoms with Crippen LogP contribution in [0.15, 0.2) is 54.6 Å². The quantitative estimate of drug-likeness (QED) is 0.754. The first-order valence-electron chi connectivity index (χ1n) is 6.42. The number of anilines is 1. The largest absolute Gasteiger partial charge is 0.480 e. The Kier molecular flexibility index (Phi) is 4.74. The zero-order valence-corrected chi connectivity index (χ0v) is 11.0. The van der Waals surface area contributed by atoms with E-state index < -0.39 is 12.0 Å². The van der Waals surface area contributed by atoms with Gasteiger partial charge in [-0.3, -0.25) is 0 Å². The first kappa shape index (κ1) is 14.1. The fourth-order valence-electron chi connectivity index (χ4n) is 2.01. The maximum Gasteiger partial charge on any atom is 0.326 e. The number of aliphatic hydroxyl groups is 1. The maximum absolute atomic E-state index is 11.4. The minimum atomic E-state index is -0.900. The first-order valence-corrected chi connectivity index (χ1v) is 6.42. The van der Waals surface area contributed by atoms with Crippen LogP contribution in [-0.4, -0.2) is 22.2 Å². The number of aliphatic hydroxyl groups excluding tert-OH is 1. The van der Waals surface area contributed by atoms with E-state index in [0.29, 0.717) is 12.1 Å². The summed E-state index contributed by atoms with van der Waals surface area (Å²) in [7, 11) is 0. The lowest BCUT2D eigenvalue weighted by molar-refractivity contribution is -0.137. The standard InChI is InChI=1S/C16H17NO3/c18-11-13-7-4-8-14(9-13)17-15(16(19)20)10-12-5-2-1-3-6-12/h1-9,15,17-18H,10-11H2,(H,19,20)/t15-/m0/s1. The van der Waals surface area contributed by atoms with Crippen LogP contribution in [0.3, 0.4) is 0 Å². The van der Waals surface area contributed by atoms with Gasteiger partial charge in [-0.15, -0.1) is 0 Å². The average Bonchev–Trinajstić information content (AvgIpc) is 2.48. The Labute approximate surface area is 117 Å². The molecule has 0 aromatic heterocycles. The molecule has 1 atom stereocenters. The van der Waals surface area contributed by atoms with Gasteiger partial charge >= 0.3 is 5.97 Å². The van der Waals surface area contributed by atoms with Crippen LogP contribution < -0.4 is 5.32 Å². The van der Waals surface area contributed by atoms with Gasteiger partial charge in [-0.25, -0.2) is 4.79 Å². The highest BCUT2D eigenvalue weighted by Crippen LogP contribution is 2.14. The van der Waals surface area contributed by atoms with E-state index in [2.05, 4.69) is 5.32 Å². The molecule has 2 rings (SSSR count). The van der Waals surface area contributed by atoms with Gasteiger partial charge in [-0.1, -0.05) is 42.5 Å². The van der Waals surface area contributed by atoms with Crippen molar-refractivity contribution in [1.29, 1.82) is 0 Å². The van der Waals surface area contributed by atoms with E-state index in [1.54, 1.807) is 24.3 Å². The number of nitrogens with one attached hydrogen (secondary N) is 1. The molecule has 0 fully saturated rings. The topological polar surface area (TPSA) is 69.6 Å². The predicted octanol–water partition coefficient (Wildman–Crippen LogP) is 2.29. The fourth-order valence-corrected chi connectivity index (χ4v) is 2.01. The summed E-state index contributed by atoms with van der Waals surface area (Å²) in [6.45, 7) is -0.0635. The molecule has 0 bridgehead atoms. The maximum atomic E-state index is 11.4. The van der Waals surface area contributed by atoms with Crippen molar-refractivity contribution in [2.24, 2.45) is 0 Å². The summed E-state index contributed by atoms with van der Waals surface area (Å²) in [6.07, 6.45) is 0.402. The third kappa shape index (κ3) is 3.83. The molecule has 0 spiro atoms. The lowest BCUT2D eigenvalue weighted by Gasteiger charge is -2.16. The van der Waals surface area contributed by atoms with Crippen molar-refractivity contribution in [2.45, 2.75) is 19.1 Å². The van der Waals surface area contributed by atoms with Gasteiger partial charge in [0.15, 0.2) is 0 Å². The molecule has 2 aromatic carbocycles. The van der Waals surface area contributed by atoms with Crippen molar-refractivity contribution < 1.29 is 15.0 Å². The van der Waals surface area contributed by atoms with E-state index in [-0.39, 0.29) is 6.61 Å². The third-order valence-electron chi connectivity index (χ3n) is 3.03. The summed E-state index contributed by atoms with van der Waals surface area (Å²) in [5.74, 6) is -0.900. The Morgan fingerprint density at radius 1 is 1.05 bits per heavy atom. The molecule has 0 aliphatic carbocycles. The second kappa shape index (κ2) is 6.73. The average molecular weight is 271 g/mol. The van der Waals surface area contributed by atoms with Crippen molar-refractivity contribution in [1.82, 2.24) is 0 Å². The van der Waals surface area contributed by atoms with Gasteiger partial charge in [0, 0.05) is 12.1 Å². The molecule has 0 unspecified atom stereocenters. The van der Waals surface area contributed by atoms with Gasteiger partial charge < -0.3 is 15.5 Å². The fraction of sp³-hybridized carbons (Fsp3) is 0.188. The number of rotatable bonds is 6. The van der Waals surface area contributed by atoms with E-state index >= 15 is 0 Å². The van der Waals surface area contributed by atoms with Crippen LogP contribution >= 0.6 is 0 Å². The number of benzene rings is 2. The van der Waals surface area contributed by atoms with E-state index in [4.69, 9.17) is 5.11 Å². The molecule has 0 aliphatic rings. The van der Waals surface area contributed by atoms with Gasteiger partial charge in [0.05, 0.1) is 6.61 Å². The SMILES string of the molecule is O=C(O)[C@H](Cc1ccccc1)Nc1cccc(CO)c1. The van der Waals surface area contributed by atoms with Crippen LogP contribution in [0.25, 0.3) is 0 Å². The van der Waals surface area contributed by atoms with Gasteiger partial charge in [0.2, 0.25) is 0 Å². The zero-order chi connectivity index (χ0) is 14.4. The molecule has 0 saturated carbocycles. The zero-order valence-electron chi connectivity index (χ0n) is 11.0. The Balaban J connectivity index is 2.11. The number of aliphatic carboxylic acids is 1. The van der Waals surface area contributed by atoms with Crippen LogP contribution in [0.4, 0.5) is 5.69 Å². The van der Waals surface area contributed by atoms with Gasteiger partial charge in [0.25, 0.3) is 0 Å². The molecule has 0 radical (unpaired) electrons. The molecule has 2 aromatic rings. The minimum absolute atomic E-state index is 0.0635.